The van der Waals surface area contributed by atoms with E-state index in [1.165, 1.54) is 6.92 Å². The van der Waals surface area contributed by atoms with E-state index >= 15 is 0 Å². The smallest absolute Gasteiger partial charge is 0.222 e. The molecule has 0 aliphatic heterocycles. The molecular formula is C8H13ClN2O2. The van der Waals surface area contributed by atoms with Crippen molar-refractivity contribution in [1.82, 2.24) is 10.6 Å². The van der Waals surface area contributed by atoms with Gasteiger partial charge >= 0.3 is 0 Å². The van der Waals surface area contributed by atoms with Crippen LogP contribution < -0.4 is 10.6 Å². The highest BCUT2D eigenvalue weighted by molar-refractivity contribution is 6.29. The quantitative estimate of drug-likeness (QED) is 0.681. The zero-order valence-corrected chi connectivity index (χ0v) is 8.28. The first kappa shape index (κ1) is 12.0. The molecule has 0 aromatic carbocycles. The van der Waals surface area contributed by atoms with Gasteiger partial charge in [0, 0.05) is 24.9 Å². The highest BCUT2D eigenvalue weighted by Gasteiger charge is 2.00. The predicted molar refractivity (Wildman–Crippen MR) is 51.3 cm³/mol. The Labute approximate surface area is 82.3 Å². The standard InChI is InChI=1S/C8H13ClN2O2/c1-6(9)5-11-8(13)3-4-10-7(2)12/h1,3-5H2,2H3,(H,10,12)(H,11,13). The lowest BCUT2D eigenvalue weighted by Gasteiger charge is -2.03. The predicted octanol–water partition coefficient (Wildman–Crippen LogP) is 0.381. The number of hydrogen-bond donors (Lipinski definition) is 2. The molecule has 0 saturated heterocycles. The Morgan fingerprint density at radius 2 is 2.00 bits per heavy atom. The van der Waals surface area contributed by atoms with Gasteiger partial charge in [0.2, 0.25) is 11.8 Å². The fourth-order valence-electron chi connectivity index (χ4n) is 0.635. The molecule has 0 rings (SSSR count). The molecule has 13 heavy (non-hydrogen) atoms. The monoisotopic (exact) mass is 204 g/mol. The van der Waals surface area contributed by atoms with Crippen LogP contribution in [0.25, 0.3) is 0 Å². The summed E-state index contributed by atoms with van der Waals surface area (Å²) >= 11 is 5.43. The van der Waals surface area contributed by atoms with Crippen LogP contribution in [0.5, 0.6) is 0 Å². The molecule has 0 radical (unpaired) electrons. The molecule has 0 aromatic heterocycles. The van der Waals surface area contributed by atoms with E-state index in [1.54, 1.807) is 0 Å². The second-order valence-corrected chi connectivity index (χ2v) is 3.06. The summed E-state index contributed by atoms with van der Waals surface area (Å²) in [4.78, 5) is 21.4. The Kier molecular flexibility index (Phi) is 5.97. The third kappa shape index (κ3) is 8.88. The summed E-state index contributed by atoms with van der Waals surface area (Å²) in [6.45, 7) is 5.43. The molecule has 0 unspecified atom stereocenters. The van der Waals surface area contributed by atoms with Gasteiger partial charge in [-0.3, -0.25) is 9.59 Å². The zero-order valence-electron chi connectivity index (χ0n) is 7.52. The number of nitrogens with one attached hydrogen (secondary N) is 2. The topological polar surface area (TPSA) is 58.2 Å². The molecule has 2 N–H and O–H groups in total. The fourth-order valence-corrected chi connectivity index (χ4v) is 0.702. The van der Waals surface area contributed by atoms with Gasteiger partial charge in [0.15, 0.2) is 0 Å². The Hall–Kier alpha value is -1.03. The normalized spacial score (nSPS) is 9.08. The Morgan fingerprint density at radius 3 is 2.46 bits per heavy atom. The van der Waals surface area contributed by atoms with E-state index in [1.807, 2.05) is 0 Å². The highest BCUT2D eigenvalue weighted by Crippen LogP contribution is 1.92. The minimum absolute atomic E-state index is 0.144. The lowest BCUT2D eigenvalue weighted by Crippen LogP contribution is -2.30. The van der Waals surface area contributed by atoms with Crippen molar-refractivity contribution in [3.63, 3.8) is 0 Å². The number of carbonyl (C=O) groups is 2. The maximum absolute atomic E-state index is 11.0. The molecular weight excluding hydrogens is 192 g/mol. The Morgan fingerprint density at radius 1 is 1.38 bits per heavy atom. The molecule has 0 aromatic rings. The SMILES string of the molecule is C=C(Cl)CNC(=O)CCNC(C)=O. The number of hydrogen-bond acceptors (Lipinski definition) is 2. The molecule has 5 heteroatoms. The van der Waals surface area contributed by atoms with Crippen LogP contribution in [0.2, 0.25) is 0 Å². The molecule has 0 aliphatic rings. The Bertz CT molecular complexity index is 216. The van der Waals surface area contributed by atoms with Crippen molar-refractivity contribution in [3.8, 4) is 0 Å². The van der Waals surface area contributed by atoms with Crippen molar-refractivity contribution in [2.45, 2.75) is 13.3 Å². The van der Waals surface area contributed by atoms with Crippen LogP contribution in [0.3, 0.4) is 0 Å². The van der Waals surface area contributed by atoms with Gasteiger partial charge in [-0.25, -0.2) is 0 Å². The fraction of sp³-hybridized carbons (Fsp3) is 0.500. The van der Waals surface area contributed by atoms with Gasteiger partial charge in [-0.15, -0.1) is 0 Å². The van der Waals surface area contributed by atoms with Gasteiger partial charge < -0.3 is 10.6 Å². The van der Waals surface area contributed by atoms with Crippen LogP contribution in [0, 0.1) is 0 Å². The second-order valence-electron chi connectivity index (χ2n) is 2.53. The van der Waals surface area contributed by atoms with E-state index in [9.17, 15) is 9.59 Å². The summed E-state index contributed by atoms with van der Waals surface area (Å²) < 4.78 is 0. The molecule has 0 spiro atoms. The molecule has 0 bridgehead atoms. The molecule has 74 valence electrons. The molecule has 0 saturated carbocycles. The summed E-state index contributed by atoms with van der Waals surface area (Å²) in [5.41, 5.74) is 0. The van der Waals surface area contributed by atoms with Crippen molar-refractivity contribution in [3.05, 3.63) is 11.6 Å². The van der Waals surface area contributed by atoms with Gasteiger partial charge in [0.1, 0.15) is 0 Å². The van der Waals surface area contributed by atoms with E-state index in [2.05, 4.69) is 17.2 Å². The number of rotatable bonds is 5. The van der Waals surface area contributed by atoms with Gasteiger partial charge in [0.05, 0.1) is 6.54 Å². The summed E-state index contributed by atoms with van der Waals surface area (Å²) in [7, 11) is 0. The van der Waals surface area contributed by atoms with E-state index in [-0.39, 0.29) is 24.8 Å². The minimum Gasteiger partial charge on any atom is -0.356 e. The zero-order chi connectivity index (χ0) is 10.3. The van der Waals surface area contributed by atoms with Gasteiger partial charge in [-0.1, -0.05) is 18.2 Å². The molecule has 0 atom stereocenters. The molecule has 0 heterocycles. The number of halogens is 1. The van der Waals surface area contributed by atoms with Crippen molar-refractivity contribution >= 4 is 23.4 Å². The molecule has 4 nitrogen and oxygen atoms in total. The molecule has 0 aliphatic carbocycles. The van der Waals surface area contributed by atoms with Gasteiger partial charge in [-0.2, -0.15) is 0 Å². The van der Waals surface area contributed by atoms with Crippen LogP contribution in [0.1, 0.15) is 13.3 Å². The van der Waals surface area contributed by atoms with Crippen LogP contribution in [-0.4, -0.2) is 24.9 Å². The lowest BCUT2D eigenvalue weighted by atomic mass is 10.4. The van der Waals surface area contributed by atoms with Crippen molar-refractivity contribution in [1.29, 1.82) is 0 Å². The number of carbonyl (C=O) groups excluding carboxylic acids is 2. The summed E-state index contributed by atoms with van der Waals surface area (Å²) in [6, 6.07) is 0. The lowest BCUT2D eigenvalue weighted by molar-refractivity contribution is -0.121. The van der Waals surface area contributed by atoms with Crippen molar-refractivity contribution in [2.24, 2.45) is 0 Å². The van der Waals surface area contributed by atoms with Crippen molar-refractivity contribution in [2.75, 3.05) is 13.1 Å². The van der Waals surface area contributed by atoms with E-state index in [0.29, 0.717) is 11.6 Å². The first-order valence-electron chi connectivity index (χ1n) is 3.86. The molecule has 2 amide bonds. The third-order valence-electron chi connectivity index (χ3n) is 1.20. The summed E-state index contributed by atoms with van der Waals surface area (Å²) in [5.74, 6) is -0.301. The molecule has 0 fully saturated rings. The third-order valence-corrected chi connectivity index (χ3v) is 1.34. The number of amides is 2. The first-order valence-corrected chi connectivity index (χ1v) is 4.24. The van der Waals surface area contributed by atoms with Crippen LogP contribution in [0.15, 0.2) is 11.6 Å². The van der Waals surface area contributed by atoms with Crippen LogP contribution in [-0.2, 0) is 9.59 Å². The van der Waals surface area contributed by atoms with Gasteiger partial charge in [-0.05, 0) is 0 Å². The summed E-state index contributed by atoms with van der Waals surface area (Å²) in [6.07, 6.45) is 0.254. The average Bonchev–Trinajstić information content (AvgIpc) is 2.00. The summed E-state index contributed by atoms with van der Waals surface area (Å²) in [5, 5.41) is 5.43. The highest BCUT2D eigenvalue weighted by atomic mass is 35.5. The second kappa shape index (κ2) is 6.48. The van der Waals surface area contributed by atoms with Crippen LogP contribution in [0.4, 0.5) is 0 Å². The maximum atomic E-state index is 11.0. The average molecular weight is 205 g/mol. The van der Waals surface area contributed by atoms with Crippen LogP contribution >= 0.6 is 11.6 Å². The maximum Gasteiger partial charge on any atom is 0.222 e. The van der Waals surface area contributed by atoms with Crippen molar-refractivity contribution < 1.29 is 9.59 Å². The van der Waals surface area contributed by atoms with E-state index in [4.69, 9.17) is 11.6 Å². The Balaban J connectivity index is 3.41. The minimum atomic E-state index is -0.157. The first-order chi connectivity index (χ1) is 6.02. The van der Waals surface area contributed by atoms with E-state index < -0.39 is 0 Å². The van der Waals surface area contributed by atoms with E-state index in [0.717, 1.165) is 0 Å². The van der Waals surface area contributed by atoms with Gasteiger partial charge in [0.25, 0.3) is 0 Å². The largest absolute Gasteiger partial charge is 0.356 e.